The number of hydrogen-bond acceptors (Lipinski definition) is 7. The van der Waals surface area contributed by atoms with Gasteiger partial charge in [0, 0.05) is 29.2 Å². The Morgan fingerprint density at radius 1 is 1.09 bits per heavy atom. The number of likely N-dealkylation sites (tertiary alicyclic amines) is 1. The van der Waals surface area contributed by atoms with Gasteiger partial charge in [-0.1, -0.05) is 29.3 Å². The molecule has 3 fully saturated rings. The summed E-state index contributed by atoms with van der Waals surface area (Å²) >= 11 is 12.5. The van der Waals surface area contributed by atoms with E-state index >= 15 is 0 Å². The summed E-state index contributed by atoms with van der Waals surface area (Å²) in [6.07, 6.45) is 4.12. The predicted molar refractivity (Wildman–Crippen MR) is 134 cm³/mol. The Hall–Kier alpha value is -2.13. The molecule has 0 radical (unpaired) electrons. The number of fused-ring (bicyclic) bond motifs is 1. The summed E-state index contributed by atoms with van der Waals surface area (Å²) in [6, 6.07) is 8.26. The minimum absolute atomic E-state index is 0.0391. The van der Waals surface area contributed by atoms with Crippen molar-refractivity contribution < 1.29 is 4.74 Å². The van der Waals surface area contributed by atoms with Crippen LogP contribution in [0.4, 0.5) is 11.6 Å². The van der Waals surface area contributed by atoms with Crippen molar-refractivity contribution in [1.82, 2.24) is 24.5 Å². The normalized spacial score (nSPS) is 21.4. The quantitative estimate of drug-likeness (QED) is 0.543. The highest BCUT2D eigenvalue weighted by atomic mass is 35.5. The van der Waals surface area contributed by atoms with E-state index in [1.165, 1.54) is 32.3 Å². The van der Waals surface area contributed by atoms with Gasteiger partial charge in [-0.25, -0.2) is 0 Å². The summed E-state index contributed by atoms with van der Waals surface area (Å²) in [5.41, 5.74) is 0.974. The molecule has 3 aliphatic heterocycles. The van der Waals surface area contributed by atoms with Crippen molar-refractivity contribution >= 4 is 40.6 Å². The molecule has 0 aliphatic carbocycles. The second-order valence-electron chi connectivity index (χ2n) is 9.73. The van der Waals surface area contributed by atoms with Crippen LogP contribution in [-0.2, 0) is 4.74 Å². The molecule has 3 saturated heterocycles. The van der Waals surface area contributed by atoms with E-state index in [1.807, 2.05) is 12.1 Å². The number of hydrogen-bond donors (Lipinski definition) is 1. The average molecular weight is 502 g/mol. The van der Waals surface area contributed by atoms with Crippen LogP contribution in [0, 0.1) is 11.8 Å². The number of nitrogens with zero attached hydrogens (tertiary/aromatic N) is 6. The zero-order valence-corrected chi connectivity index (χ0v) is 20.7. The summed E-state index contributed by atoms with van der Waals surface area (Å²) in [7, 11) is 0. The standard InChI is InChI=1S/C24H29Cl2N7O/c1-15(20-3-2-18(25)8-21(20)26)29-23-9-22(30-24-27-14-28-33(23)24)32-10-17(11-32)16-4-6-31(7-5-16)19-12-34-13-19/h2-3,8-9,14-17,19,29H,4-7,10-13H2,1H3. The molecular formula is C24H29Cl2N7O. The summed E-state index contributed by atoms with van der Waals surface area (Å²) < 4.78 is 7.11. The molecule has 0 saturated carbocycles. The lowest BCUT2D eigenvalue weighted by Gasteiger charge is -2.48. The first-order chi connectivity index (χ1) is 16.5. The molecule has 0 amide bonds. The van der Waals surface area contributed by atoms with Gasteiger partial charge in [0.05, 0.1) is 25.3 Å². The van der Waals surface area contributed by atoms with Gasteiger partial charge >= 0.3 is 0 Å². The van der Waals surface area contributed by atoms with Crippen molar-refractivity contribution in [2.45, 2.75) is 31.8 Å². The molecule has 8 nitrogen and oxygen atoms in total. The molecule has 0 bridgehead atoms. The SMILES string of the molecule is CC(Nc1cc(N2CC(C3CCN(C4COC4)CC3)C2)nc2ncnn12)c1ccc(Cl)cc1Cl. The van der Waals surface area contributed by atoms with Crippen LogP contribution in [0.25, 0.3) is 5.78 Å². The molecule has 5 heterocycles. The number of nitrogens with one attached hydrogen (secondary N) is 1. The Labute approximate surface area is 209 Å². The molecule has 2 aromatic heterocycles. The van der Waals surface area contributed by atoms with Crippen molar-refractivity contribution in [3.63, 3.8) is 0 Å². The Balaban J connectivity index is 1.13. The first kappa shape index (κ1) is 22.3. The van der Waals surface area contributed by atoms with Gasteiger partial charge in [0.25, 0.3) is 5.78 Å². The van der Waals surface area contributed by atoms with E-state index in [0.29, 0.717) is 21.9 Å². The molecule has 3 aliphatic rings. The Morgan fingerprint density at radius 3 is 2.59 bits per heavy atom. The van der Waals surface area contributed by atoms with Gasteiger partial charge in [-0.3, -0.25) is 4.90 Å². The average Bonchev–Trinajstić information content (AvgIpc) is 3.22. The second kappa shape index (κ2) is 9.15. The largest absolute Gasteiger partial charge is 0.378 e. The number of halogens is 2. The van der Waals surface area contributed by atoms with Crippen LogP contribution >= 0.6 is 23.2 Å². The maximum Gasteiger partial charge on any atom is 0.256 e. The maximum atomic E-state index is 6.44. The molecule has 1 aromatic carbocycles. The number of rotatable bonds is 6. The third kappa shape index (κ3) is 4.21. The molecule has 34 heavy (non-hydrogen) atoms. The number of benzene rings is 1. The van der Waals surface area contributed by atoms with E-state index in [1.54, 1.807) is 10.6 Å². The lowest BCUT2D eigenvalue weighted by molar-refractivity contribution is -0.0764. The van der Waals surface area contributed by atoms with Crippen LogP contribution < -0.4 is 10.2 Å². The number of piperidine rings is 1. The van der Waals surface area contributed by atoms with Crippen LogP contribution in [0.2, 0.25) is 10.0 Å². The molecule has 1 atom stereocenters. The van der Waals surface area contributed by atoms with Crippen molar-refractivity contribution in [3.05, 3.63) is 46.2 Å². The molecule has 1 N–H and O–H groups in total. The van der Waals surface area contributed by atoms with Gasteiger partial charge in [0.1, 0.15) is 18.0 Å². The van der Waals surface area contributed by atoms with E-state index in [-0.39, 0.29) is 6.04 Å². The number of aromatic nitrogens is 4. The monoisotopic (exact) mass is 501 g/mol. The highest BCUT2D eigenvalue weighted by molar-refractivity contribution is 6.35. The summed E-state index contributed by atoms with van der Waals surface area (Å²) in [5.74, 6) is 3.91. The predicted octanol–water partition coefficient (Wildman–Crippen LogP) is 4.15. The second-order valence-corrected chi connectivity index (χ2v) is 10.6. The topological polar surface area (TPSA) is 70.8 Å². The fourth-order valence-electron chi connectivity index (χ4n) is 5.40. The molecule has 180 valence electrons. The van der Waals surface area contributed by atoms with Crippen molar-refractivity contribution in [1.29, 1.82) is 0 Å². The first-order valence-electron chi connectivity index (χ1n) is 12.0. The first-order valence-corrected chi connectivity index (χ1v) is 12.8. The third-order valence-corrected chi connectivity index (χ3v) is 8.21. The Kier molecular flexibility index (Phi) is 6.01. The molecule has 0 spiro atoms. The van der Waals surface area contributed by atoms with Crippen molar-refractivity contribution in [3.8, 4) is 0 Å². The number of ether oxygens (including phenoxy) is 1. The molecule has 3 aromatic rings. The number of anilines is 2. The summed E-state index contributed by atoms with van der Waals surface area (Å²) in [5, 5.41) is 9.17. The smallest absolute Gasteiger partial charge is 0.256 e. The fourth-order valence-corrected chi connectivity index (χ4v) is 5.98. The van der Waals surface area contributed by atoms with Gasteiger partial charge in [-0.05, 0) is 62.4 Å². The Morgan fingerprint density at radius 2 is 1.88 bits per heavy atom. The molecule has 6 rings (SSSR count). The minimum atomic E-state index is -0.0391. The Bertz CT molecular complexity index is 1170. The summed E-state index contributed by atoms with van der Waals surface area (Å²) in [4.78, 5) is 14.1. The van der Waals surface area contributed by atoms with Crippen LogP contribution in [0.5, 0.6) is 0 Å². The fraction of sp³-hybridized carbons (Fsp3) is 0.542. The molecular weight excluding hydrogens is 473 g/mol. The van der Waals surface area contributed by atoms with Crippen LogP contribution in [0.1, 0.15) is 31.4 Å². The van der Waals surface area contributed by atoms with Crippen LogP contribution in [-0.4, -0.2) is 69.9 Å². The van der Waals surface area contributed by atoms with Crippen LogP contribution in [0.15, 0.2) is 30.6 Å². The zero-order chi connectivity index (χ0) is 23.2. The lowest BCUT2D eigenvalue weighted by atomic mass is 9.79. The highest BCUT2D eigenvalue weighted by Gasteiger charge is 2.38. The van der Waals surface area contributed by atoms with Crippen molar-refractivity contribution in [2.75, 3.05) is 49.6 Å². The zero-order valence-electron chi connectivity index (χ0n) is 19.2. The van der Waals surface area contributed by atoms with Gasteiger partial charge in [0.15, 0.2) is 0 Å². The van der Waals surface area contributed by atoms with E-state index in [4.69, 9.17) is 32.9 Å². The van der Waals surface area contributed by atoms with E-state index in [0.717, 1.165) is 55.3 Å². The van der Waals surface area contributed by atoms with Gasteiger partial charge in [0.2, 0.25) is 0 Å². The summed E-state index contributed by atoms with van der Waals surface area (Å²) in [6.45, 7) is 8.41. The van der Waals surface area contributed by atoms with Gasteiger partial charge < -0.3 is 15.0 Å². The van der Waals surface area contributed by atoms with E-state index in [2.05, 4.69) is 38.2 Å². The van der Waals surface area contributed by atoms with E-state index < -0.39 is 0 Å². The highest BCUT2D eigenvalue weighted by Crippen LogP contribution is 2.36. The third-order valence-electron chi connectivity index (χ3n) is 7.64. The minimum Gasteiger partial charge on any atom is -0.378 e. The van der Waals surface area contributed by atoms with E-state index in [9.17, 15) is 0 Å². The van der Waals surface area contributed by atoms with Crippen molar-refractivity contribution in [2.24, 2.45) is 11.8 Å². The molecule has 10 heteroatoms. The van der Waals surface area contributed by atoms with Gasteiger partial charge in [-0.2, -0.15) is 19.6 Å². The molecule has 1 unspecified atom stereocenters. The maximum absolute atomic E-state index is 6.44. The lowest BCUT2D eigenvalue weighted by Crippen LogP contribution is -2.55. The van der Waals surface area contributed by atoms with Crippen LogP contribution in [0.3, 0.4) is 0 Å². The van der Waals surface area contributed by atoms with Gasteiger partial charge in [-0.15, -0.1) is 0 Å².